The van der Waals surface area contributed by atoms with Crippen molar-refractivity contribution in [3.05, 3.63) is 58.7 Å². The Morgan fingerprint density at radius 3 is 2.53 bits per heavy atom. The number of halogens is 1. The Morgan fingerprint density at radius 1 is 1.24 bits per heavy atom. The van der Waals surface area contributed by atoms with Crippen LogP contribution >= 0.6 is 11.8 Å². The van der Waals surface area contributed by atoms with Crippen molar-refractivity contribution in [1.29, 1.82) is 0 Å². The zero-order valence-electron chi connectivity index (χ0n) is 8.54. The number of nitrogens with zero attached hydrogens (tertiary/aromatic N) is 2. The normalized spacial score (nSPS) is 10.2. The Balaban J connectivity index is 2.26. The quantitative estimate of drug-likeness (QED) is 0.619. The van der Waals surface area contributed by atoms with Crippen LogP contribution in [0.2, 0.25) is 0 Å². The molecule has 0 saturated carbocycles. The lowest BCUT2D eigenvalue weighted by Crippen LogP contribution is -1.90. The van der Waals surface area contributed by atoms with Gasteiger partial charge in [-0.1, -0.05) is 11.8 Å². The van der Waals surface area contributed by atoms with Gasteiger partial charge in [-0.15, -0.1) is 0 Å². The molecule has 6 heteroatoms. The zero-order chi connectivity index (χ0) is 12.3. The van der Waals surface area contributed by atoms with Crippen LogP contribution in [0.5, 0.6) is 0 Å². The number of pyridine rings is 1. The maximum Gasteiger partial charge on any atom is 0.272 e. The molecule has 17 heavy (non-hydrogen) atoms. The predicted octanol–water partition coefficient (Wildman–Crippen LogP) is 3.28. The van der Waals surface area contributed by atoms with Crippen LogP contribution in [0.3, 0.4) is 0 Å². The van der Waals surface area contributed by atoms with E-state index in [9.17, 15) is 14.5 Å². The highest BCUT2D eigenvalue weighted by Crippen LogP contribution is 2.30. The van der Waals surface area contributed by atoms with Gasteiger partial charge in [-0.3, -0.25) is 15.1 Å². The Bertz CT molecular complexity index is 548. The van der Waals surface area contributed by atoms with Gasteiger partial charge in [0, 0.05) is 28.3 Å². The van der Waals surface area contributed by atoms with Crippen LogP contribution in [0.25, 0.3) is 0 Å². The molecule has 0 spiro atoms. The lowest BCUT2D eigenvalue weighted by Gasteiger charge is -2.02. The smallest absolute Gasteiger partial charge is 0.265 e. The van der Waals surface area contributed by atoms with Gasteiger partial charge in [0.15, 0.2) is 0 Å². The topological polar surface area (TPSA) is 56.0 Å². The van der Waals surface area contributed by atoms with E-state index in [4.69, 9.17) is 0 Å². The molecule has 1 aromatic heterocycles. The van der Waals surface area contributed by atoms with E-state index >= 15 is 0 Å². The molecule has 0 aliphatic rings. The van der Waals surface area contributed by atoms with Gasteiger partial charge in [0.05, 0.1) is 11.0 Å². The Hall–Kier alpha value is -1.95. The van der Waals surface area contributed by atoms with E-state index in [1.54, 1.807) is 24.5 Å². The highest BCUT2D eigenvalue weighted by atomic mass is 32.2. The molecule has 0 fully saturated rings. The number of aromatic nitrogens is 1. The number of hydrogen-bond acceptors (Lipinski definition) is 4. The van der Waals surface area contributed by atoms with Crippen molar-refractivity contribution < 1.29 is 9.31 Å². The molecule has 0 saturated heterocycles. The second kappa shape index (κ2) is 4.92. The third-order valence-corrected chi connectivity index (χ3v) is 3.06. The maximum absolute atomic E-state index is 13.6. The van der Waals surface area contributed by atoms with Gasteiger partial charge in [0.1, 0.15) is 5.82 Å². The summed E-state index contributed by atoms with van der Waals surface area (Å²) in [5, 5.41) is 10.4. The molecule has 0 unspecified atom stereocenters. The van der Waals surface area contributed by atoms with Gasteiger partial charge >= 0.3 is 0 Å². The van der Waals surface area contributed by atoms with Crippen LogP contribution in [0.15, 0.2) is 52.5 Å². The fraction of sp³-hybridized carbons (Fsp3) is 0. The molecule has 0 radical (unpaired) electrons. The highest BCUT2D eigenvalue weighted by Gasteiger charge is 2.11. The molecule has 86 valence electrons. The first-order valence-electron chi connectivity index (χ1n) is 4.68. The summed E-state index contributed by atoms with van der Waals surface area (Å²) in [6.07, 6.45) is 3.21. The predicted molar refractivity (Wildman–Crippen MR) is 61.4 cm³/mol. The van der Waals surface area contributed by atoms with Crippen LogP contribution in [-0.4, -0.2) is 9.91 Å². The summed E-state index contributed by atoms with van der Waals surface area (Å²) < 4.78 is 13.6. The van der Waals surface area contributed by atoms with Gasteiger partial charge < -0.3 is 0 Å². The molecule has 0 atom stereocenters. The minimum atomic E-state index is -0.621. The largest absolute Gasteiger partial charge is 0.272 e. The first-order valence-corrected chi connectivity index (χ1v) is 5.50. The highest BCUT2D eigenvalue weighted by molar-refractivity contribution is 7.99. The molecule has 1 heterocycles. The van der Waals surface area contributed by atoms with E-state index < -0.39 is 10.7 Å². The maximum atomic E-state index is 13.6. The van der Waals surface area contributed by atoms with Crippen LogP contribution in [0.4, 0.5) is 10.1 Å². The van der Waals surface area contributed by atoms with E-state index in [1.165, 1.54) is 23.9 Å². The Morgan fingerprint density at radius 2 is 1.94 bits per heavy atom. The molecule has 2 aromatic rings. The second-order valence-electron chi connectivity index (χ2n) is 3.16. The van der Waals surface area contributed by atoms with Gasteiger partial charge in [-0.2, -0.15) is 0 Å². The van der Waals surface area contributed by atoms with Gasteiger partial charge in [-0.05, 0) is 18.2 Å². The number of nitro groups is 1. The molecular weight excluding hydrogens is 243 g/mol. The minimum Gasteiger partial charge on any atom is -0.265 e. The summed E-state index contributed by atoms with van der Waals surface area (Å²) >= 11 is 1.20. The third-order valence-electron chi connectivity index (χ3n) is 2.00. The van der Waals surface area contributed by atoms with Crippen molar-refractivity contribution in [2.75, 3.05) is 0 Å². The molecule has 2 rings (SSSR count). The first kappa shape index (κ1) is 11.5. The monoisotopic (exact) mass is 250 g/mol. The van der Waals surface area contributed by atoms with Crippen molar-refractivity contribution in [3.63, 3.8) is 0 Å². The number of non-ortho nitro benzene ring substituents is 1. The van der Waals surface area contributed by atoms with Gasteiger partial charge in [0.2, 0.25) is 0 Å². The summed E-state index contributed by atoms with van der Waals surface area (Å²) in [5.74, 6) is -0.596. The molecular formula is C11H7FN2O2S. The van der Waals surface area contributed by atoms with Crippen LogP contribution in [-0.2, 0) is 0 Å². The Kier molecular flexibility index (Phi) is 3.34. The number of nitro benzene ring substituents is 1. The van der Waals surface area contributed by atoms with E-state index in [-0.39, 0.29) is 5.69 Å². The Labute approximate surface area is 101 Å². The summed E-state index contributed by atoms with van der Waals surface area (Å²) in [7, 11) is 0. The molecule has 4 nitrogen and oxygen atoms in total. The van der Waals surface area contributed by atoms with E-state index in [0.29, 0.717) is 4.90 Å². The molecule has 0 N–H and O–H groups in total. The molecule has 0 amide bonds. The van der Waals surface area contributed by atoms with Crippen LogP contribution < -0.4 is 0 Å². The lowest BCUT2D eigenvalue weighted by atomic mass is 10.3. The standard InChI is InChI=1S/C11H7FN2O2S/c12-10-7-8(14(15)16)1-2-11(10)17-9-3-5-13-6-4-9/h1-7H. The second-order valence-corrected chi connectivity index (χ2v) is 4.27. The molecule has 1 aromatic carbocycles. The SMILES string of the molecule is O=[N+]([O-])c1ccc(Sc2ccncc2)c(F)c1. The fourth-order valence-corrected chi connectivity index (χ4v) is 2.02. The zero-order valence-corrected chi connectivity index (χ0v) is 9.36. The average Bonchev–Trinajstić information content (AvgIpc) is 2.33. The van der Waals surface area contributed by atoms with Crippen LogP contribution in [0.1, 0.15) is 0 Å². The number of benzene rings is 1. The van der Waals surface area contributed by atoms with E-state index in [1.807, 2.05) is 0 Å². The first-order chi connectivity index (χ1) is 8.16. The minimum absolute atomic E-state index is 0.249. The third kappa shape index (κ3) is 2.79. The van der Waals surface area contributed by atoms with Crippen molar-refractivity contribution >= 4 is 17.4 Å². The molecule has 0 bridgehead atoms. The van der Waals surface area contributed by atoms with E-state index in [0.717, 1.165) is 11.0 Å². The van der Waals surface area contributed by atoms with Crippen molar-refractivity contribution in [2.45, 2.75) is 9.79 Å². The van der Waals surface area contributed by atoms with Crippen LogP contribution in [0, 0.1) is 15.9 Å². The summed E-state index contributed by atoms with van der Waals surface area (Å²) in [6.45, 7) is 0. The summed E-state index contributed by atoms with van der Waals surface area (Å²) in [5.41, 5.74) is -0.249. The van der Waals surface area contributed by atoms with Crippen molar-refractivity contribution in [2.24, 2.45) is 0 Å². The summed E-state index contributed by atoms with van der Waals surface area (Å²) in [6, 6.07) is 7.09. The average molecular weight is 250 g/mol. The van der Waals surface area contributed by atoms with Gasteiger partial charge in [-0.25, -0.2) is 4.39 Å². The number of hydrogen-bond donors (Lipinski definition) is 0. The van der Waals surface area contributed by atoms with E-state index in [2.05, 4.69) is 4.98 Å². The van der Waals surface area contributed by atoms with Gasteiger partial charge in [0.25, 0.3) is 5.69 Å². The fourth-order valence-electron chi connectivity index (χ4n) is 1.22. The van der Waals surface area contributed by atoms with Crippen molar-refractivity contribution in [1.82, 2.24) is 4.98 Å². The summed E-state index contributed by atoms with van der Waals surface area (Å²) in [4.78, 5) is 14.9. The number of rotatable bonds is 3. The lowest BCUT2D eigenvalue weighted by molar-refractivity contribution is -0.385. The molecule has 0 aliphatic heterocycles. The molecule has 0 aliphatic carbocycles. The van der Waals surface area contributed by atoms with Crippen molar-refractivity contribution in [3.8, 4) is 0 Å².